The van der Waals surface area contributed by atoms with E-state index in [0.717, 1.165) is 17.5 Å². The Kier molecular flexibility index (Phi) is 9.30. The van der Waals surface area contributed by atoms with E-state index < -0.39 is 37.1 Å². The molecule has 0 saturated carbocycles. The van der Waals surface area contributed by atoms with Crippen LogP contribution in [0.1, 0.15) is 47.8 Å². The SMILES string of the molecule is CC#CCOCc1cc(Cl)c(Cc2ccc(CC)cc2)cc1[C@@H]1O[C@H](CO)[C@@H](O)[C@H](O)[C@H]1O. The van der Waals surface area contributed by atoms with Crippen LogP contribution in [0.5, 0.6) is 0 Å². The van der Waals surface area contributed by atoms with Crippen LogP contribution in [0, 0.1) is 11.8 Å². The number of aliphatic hydroxyl groups excluding tert-OH is 4. The van der Waals surface area contributed by atoms with Crippen LogP contribution in [-0.4, -0.2) is 58.1 Å². The number of aliphatic hydroxyl groups is 4. The van der Waals surface area contributed by atoms with E-state index in [1.165, 1.54) is 5.56 Å². The first-order valence-corrected chi connectivity index (χ1v) is 11.4. The van der Waals surface area contributed by atoms with Gasteiger partial charge in [0.05, 0.1) is 13.2 Å². The highest BCUT2D eigenvalue weighted by molar-refractivity contribution is 6.31. The third kappa shape index (κ3) is 6.14. The van der Waals surface area contributed by atoms with Gasteiger partial charge in [-0.3, -0.25) is 0 Å². The molecule has 3 rings (SSSR count). The molecule has 5 atom stereocenters. The van der Waals surface area contributed by atoms with E-state index >= 15 is 0 Å². The van der Waals surface area contributed by atoms with Crippen LogP contribution in [0.25, 0.3) is 0 Å². The maximum Gasteiger partial charge on any atom is 0.113 e. The highest BCUT2D eigenvalue weighted by atomic mass is 35.5. The molecule has 6 nitrogen and oxygen atoms in total. The molecule has 0 amide bonds. The largest absolute Gasteiger partial charge is 0.394 e. The number of hydrogen-bond acceptors (Lipinski definition) is 6. The Morgan fingerprint density at radius 3 is 2.33 bits per heavy atom. The molecule has 178 valence electrons. The molecule has 0 aliphatic carbocycles. The smallest absolute Gasteiger partial charge is 0.113 e. The summed E-state index contributed by atoms with van der Waals surface area (Å²) >= 11 is 6.62. The zero-order valence-corrected chi connectivity index (χ0v) is 19.6. The average molecular weight is 475 g/mol. The second-order valence-electron chi connectivity index (χ2n) is 8.16. The van der Waals surface area contributed by atoms with Crippen molar-refractivity contribution in [3.63, 3.8) is 0 Å². The fourth-order valence-electron chi connectivity index (χ4n) is 3.96. The van der Waals surface area contributed by atoms with E-state index in [4.69, 9.17) is 21.1 Å². The lowest BCUT2D eigenvalue weighted by Crippen LogP contribution is -2.55. The molecule has 1 aliphatic rings. The molecule has 0 unspecified atom stereocenters. The van der Waals surface area contributed by atoms with Gasteiger partial charge in [0.15, 0.2) is 0 Å². The minimum Gasteiger partial charge on any atom is -0.394 e. The van der Waals surface area contributed by atoms with Crippen molar-refractivity contribution in [2.45, 2.75) is 63.8 Å². The molecule has 2 aromatic rings. The summed E-state index contributed by atoms with van der Waals surface area (Å²) in [7, 11) is 0. The van der Waals surface area contributed by atoms with Crippen molar-refractivity contribution in [2.24, 2.45) is 0 Å². The van der Waals surface area contributed by atoms with E-state index in [-0.39, 0.29) is 13.2 Å². The van der Waals surface area contributed by atoms with Crippen molar-refractivity contribution in [3.05, 3.63) is 69.2 Å². The minimum absolute atomic E-state index is 0.171. The Morgan fingerprint density at radius 2 is 1.70 bits per heavy atom. The van der Waals surface area contributed by atoms with Gasteiger partial charge in [-0.25, -0.2) is 0 Å². The topological polar surface area (TPSA) is 99.4 Å². The number of aryl methyl sites for hydroxylation is 1. The number of halogens is 1. The molecular weight excluding hydrogens is 444 g/mol. The summed E-state index contributed by atoms with van der Waals surface area (Å²) in [4.78, 5) is 0. The second kappa shape index (κ2) is 12.0. The fraction of sp³-hybridized carbons (Fsp3) is 0.462. The molecule has 0 bridgehead atoms. The number of benzene rings is 2. The van der Waals surface area contributed by atoms with Crippen molar-refractivity contribution in [1.82, 2.24) is 0 Å². The van der Waals surface area contributed by atoms with E-state index in [1.807, 2.05) is 6.07 Å². The maximum atomic E-state index is 10.7. The molecular formula is C26H31ClO6. The Morgan fingerprint density at radius 1 is 1.00 bits per heavy atom. The van der Waals surface area contributed by atoms with Gasteiger partial charge in [-0.05, 0) is 53.6 Å². The lowest BCUT2D eigenvalue weighted by Gasteiger charge is -2.41. The Hall–Kier alpha value is -1.95. The van der Waals surface area contributed by atoms with Crippen LogP contribution in [0.4, 0.5) is 0 Å². The molecule has 1 aliphatic heterocycles. The van der Waals surface area contributed by atoms with Crippen molar-refractivity contribution >= 4 is 11.6 Å². The van der Waals surface area contributed by atoms with Gasteiger partial charge in [-0.1, -0.05) is 54.8 Å². The number of rotatable bonds is 8. The molecule has 1 heterocycles. The van der Waals surface area contributed by atoms with Gasteiger partial charge in [-0.2, -0.15) is 0 Å². The summed E-state index contributed by atoms with van der Waals surface area (Å²) in [6, 6.07) is 11.9. The summed E-state index contributed by atoms with van der Waals surface area (Å²) < 4.78 is 11.5. The summed E-state index contributed by atoms with van der Waals surface area (Å²) in [6.45, 7) is 3.73. The molecule has 7 heteroatoms. The lowest BCUT2D eigenvalue weighted by molar-refractivity contribution is -0.232. The first kappa shape index (κ1) is 25.7. The third-order valence-corrected chi connectivity index (χ3v) is 6.29. The summed E-state index contributed by atoms with van der Waals surface area (Å²) in [5.74, 6) is 5.60. The van der Waals surface area contributed by atoms with E-state index in [9.17, 15) is 20.4 Å². The first-order chi connectivity index (χ1) is 15.9. The summed E-state index contributed by atoms with van der Waals surface area (Å²) in [5.41, 5.74) is 4.41. The highest BCUT2D eigenvalue weighted by Gasteiger charge is 2.44. The Bertz CT molecular complexity index is 979. The van der Waals surface area contributed by atoms with Gasteiger partial charge < -0.3 is 29.9 Å². The zero-order valence-electron chi connectivity index (χ0n) is 18.9. The van der Waals surface area contributed by atoms with Gasteiger partial charge >= 0.3 is 0 Å². The van der Waals surface area contributed by atoms with Gasteiger partial charge in [0.25, 0.3) is 0 Å². The van der Waals surface area contributed by atoms with Crippen LogP contribution in [0.2, 0.25) is 5.02 Å². The van der Waals surface area contributed by atoms with E-state index in [2.05, 4.69) is 43.0 Å². The average Bonchev–Trinajstić information content (AvgIpc) is 2.83. The van der Waals surface area contributed by atoms with Gasteiger partial charge in [0.2, 0.25) is 0 Å². The maximum absolute atomic E-state index is 10.7. The molecule has 0 radical (unpaired) electrons. The normalized spacial score (nSPS) is 24.9. The van der Waals surface area contributed by atoms with Crippen LogP contribution in [-0.2, 0) is 28.9 Å². The van der Waals surface area contributed by atoms with Gasteiger partial charge in [0, 0.05) is 5.02 Å². The number of ether oxygens (including phenoxy) is 2. The second-order valence-corrected chi connectivity index (χ2v) is 8.57. The van der Waals surface area contributed by atoms with Gasteiger partial charge in [0.1, 0.15) is 37.1 Å². The quantitative estimate of drug-likeness (QED) is 0.346. The third-order valence-electron chi connectivity index (χ3n) is 5.94. The molecule has 1 fully saturated rings. The predicted molar refractivity (Wildman–Crippen MR) is 126 cm³/mol. The standard InChI is InChI=1S/C26H31ClO6/c1-3-5-10-32-15-19-13-21(27)18(11-17-8-6-16(4-2)7-9-17)12-20(19)26-25(31)24(30)23(29)22(14-28)33-26/h6-9,12-13,22-26,28-31H,4,10-11,14-15H2,1-2H3/t22-,23-,24+,25-,26+/m1/s1. The fourth-order valence-corrected chi connectivity index (χ4v) is 4.21. The van der Waals surface area contributed by atoms with Crippen LogP contribution < -0.4 is 0 Å². The molecule has 0 spiro atoms. The molecule has 0 aromatic heterocycles. The number of hydrogen-bond donors (Lipinski definition) is 4. The van der Waals surface area contributed by atoms with Crippen molar-refractivity contribution in [1.29, 1.82) is 0 Å². The monoisotopic (exact) mass is 474 g/mol. The minimum atomic E-state index is -1.47. The van der Waals surface area contributed by atoms with Crippen molar-refractivity contribution < 1.29 is 29.9 Å². The Balaban J connectivity index is 1.97. The van der Waals surface area contributed by atoms with E-state index in [0.29, 0.717) is 22.6 Å². The Labute approximate surface area is 199 Å². The van der Waals surface area contributed by atoms with Crippen LogP contribution in [0.3, 0.4) is 0 Å². The predicted octanol–water partition coefficient (Wildman–Crippen LogP) is 2.55. The van der Waals surface area contributed by atoms with E-state index in [1.54, 1.807) is 13.0 Å². The first-order valence-electron chi connectivity index (χ1n) is 11.1. The molecule has 2 aromatic carbocycles. The zero-order chi connectivity index (χ0) is 24.0. The highest BCUT2D eigenvalue weighted by Crippen LogP contribution is 2.37. The van der Waals surface area contributed by atoms with Crippen LogP contribution in [0.15, 0.2) is 36.4 Å². The lowest BCUT2D eigenvalue weighted by atomic mass is 9.87. The van der Waals surface area contributed by atoms with Crippen LogP contribution >= 0.6 is 11.6 Å². The molecule has 33 heavy (non-hydrogen) atoms. The van der Waals surface area contributed by atoms with Crippen molar-refractivity contribution in [2.75, 3.05) is 13.2 Å². The summed E-state index contributed by atoms with van der Waals surface area (Å²) in [6.07, 6.45) is -4.75. The summed E-state index contributed by atoms with van der Waals surface area (Å²) in [5, 5.41) is 41.3. The van der Waals surface area contributed by atoms with Gasteiger partial charge in [-0.15, -0.1) is 5.92 Å². The van der Waals surface area contributed by atoms with Crippen molar-refractivity contribution in [3.8, 4) is 11.8 Å². The molecule has 4 N–H and O–H groups in total. The molecule has 1 saturated heterocycles.